The number of para-hydroxylation sites is 1. The number of halogens is 1. The molecule has 0 unspecified atom stereocenters. The van der Waals surface area contributed by atoms with E-state index in [1.807, 2.05) is 13.8 Å². The van der Waals surface area contributed by atoms with Crippen LogP contribution in [0, 0.1) is 0 Å². The smallest absolute Gasteiger partial charge is 0.240 e. The summed E-state index contributed by atoms with van der Waals surface area (Å²) in [6.07, 6.45) is 1.52. The van der Waals surface area contributed by atoms with Gasteiger partial charge in [0, 0.05) is 12.8 Å². The second-order valence-corrected chi connectivity index (χ2v) is 6.30. The molecule has 0 spiro atoms. The summed E-state index contributed by atoms with van der Waals surface area (Å²) in [6, 6.07) is 12.3. The number of hydrazone groups is 1. The molecule has 0 aliphatic heterocycles. The van der Waals surface area contributed by atoms with E-state index in [1.165, 1.54) is 6.21 Å². The Hall–Kier alpha value is -3.06. The Morgan fingerprint density at radius 2 is 1.69 bits per heavy atom. The molecule has 0 saturated carbocycles. The topological polar surface area (TPSA) is 89.0 Å². The zero-order chi connectivity index (χ0) is 21.1. The fourth-order valence-corrected chi connectivity index (χ4v) is 2.57. The van der Waals surface area contributed by atoms with Gasteiger partial charge in [0.15, 0.2) is 11.5 Å². The van der Waals surface area contributed by atoms with Crippen molar-refractivity contribution < 1.29 is 19.1 Å². The summed E-state index contributed by atoms with van der Waals surface area (Å²) >= 11 is 5.99. The molecule has 0 saturated heterocycles. The van der Waals surface area contributed by atoms with Gasteiger partial charge in [-0.2, -0.15) is 5.10 Å². The SMILES string of the molecule is CCOc1ccc(C=NNC(=O)CCC(=O)Nc2ccccc2Cl)cc1OCC. The third kappa shape index (κ3) is 7.46. The van der Waals surface area contributed by atoms with E-state index in [9.17, 15) is 9.59 Å². The van der Waals surface area contributed by atoms with Gasteiger partial charge in [-0.3, -0.25) is 9.59 Å². The predicted molar refractivity (Wildman–Crippen MR) is 114 cm³/mol. The third-order valence-corrected chi connectivity index (χ3v) is 4.03. The molecule has 2 amide bonds. The van der Waals surface area contributed by atoms with E-state index in [2.05, 4.69) is 15.8 Å². The standard InChI is InChI=1S/C21H24ClN3O4/c1-3-28-18-10-9-15(13-19(18)29-4-2)14-23-25-21(27)12-11-20(26)24-17-8-6-5-7-16(17)22/h5-10,13-14H,3-4,11-12H2,1-2H3,(H,24,26)(H,25,27). The van der Waals surface area contributed by atoms with Crippen molar-refractivity contribution in [2.45, 2.75) is 26.7 Å². The zero-order valence-electron chi connectivity index (χ0n) is 16.4. The van der Waals surface area contributed by atoms with Gasteiger partial charge < -0.3 is 14.8 Å². The van der Waals surface area contributed by atoms with E-state index >= 15 is 0 Å². The quantitative estimate of drug-likeness (QED) is 0.451. The van der Waals surface area contributed by atoms with Crippen LogP contribution in [0.1, 0.15) is 32.3 Å². The van der Waals surface area contributed by atoms with Crippen molar-refractivity contribution in [3.63, 3.8) is 0 Å². The van der Waals surface area contributed by atoms with Crippen LogP contribution in [0.5, 0.6) is 11.5 Å². The molecule has 2 rings (SSSR count). The number of amides is 2. The molecule has 154 valence electrons. The second kappa shape index (κ2) is 11.7. The van der Waals surface area contributed by atoms with Crippen molar-refractivity contribution in [3.05, 3.63) is 53.1 Å². The van der Waals surface area contributed by atoms with Crippen molar-refractivity contribution in [1.29, 1.82) is 0 Å². The van der Waals surface area contributed by atoms with Crippen molar-refractivity contribution in [2.24, 2.45) is 5.10 Å². The highest BCUT2D eigenvalue weighted by Gasteiger charge is 2.09. The lowest BCUT2D eigenvalue weighted by Gasteiger charge is -2.11. The number of nitrogens with one attached hydrogen (secondary N) is 2. The molecule has 29 heavy (non-hydrogen) atoms. The first-order valence-electron chi connectivity index (χ1n) is 9.29. The molecule has 0 fully saturated rings. The summed E-state index contributed by atoms with van der Waals surface area (Å²) in [4.78, 5) is 23.8. The van der Waals surface area contributed by atoms with E-state index < -0.39 is 0 Å². The van der Waals surface area contributed by atoms with Gasteiger partial charge in [-0.1, -0.05) is 23.7 Å². The number of carbonyl (C=O) groups excluding carboxylic acids is 2. The number of rotatable bonds is 10. The highest BCUT2D eigenvalue weighted by molar-refractivity contribution is 6.33. The molecule has 8 heteroatoms. The summed E-state index contributed by atoms with van der Waals surface area (Å²) in [5.74, 6) is 0.595. The molecule has 0 aliphatic carbocycles. The first-order valence-corrected chi connectivity index (χ1v) is 9.67. The molecular weight excluding hydrogens is 394 g/mol. The summed E-state index contributed by atoms with van der Waals surface area (Å²) in [6.45, 7) is 4.83. The Balaban J connectivity index is 1.82. The van der Waals surface area contributed by atoms with Gasteiger partial charge in [0.25, 0.3) is 0 Å². The number of hydrogen-bond donors (Lipinski definition) is 2. The Labute approximate surface area is 175 Å². The van der Waals surface area contributed by atoms with Gasteiger partial charge >= 0.3 is 0 Å². The number of anilines is 1. The molecular formula is C21H24ClN3O4. The van der Waals surface area contributed by atoms with Crippen LogP contribution in [0.15, 0.2) is 47.6 Å². The molecule has 2 N–H and O–H groups in total. The third-order valence-electron chi connectivity index (χ3n) is 3.70. The van der Waals surface area contributed by atoms with Crippen LogP contribution in [0.25, 0.3) is 0 Å². The number of hydrogen-bond acceptors (Lipinski definition) is 5. The summed E-state index contributed by atoms with van der Waals surface area (Å²) in [5, 5.41) is 7.03. The van der Waals surface area contributed by atoms with E-state index in [4.69, 9.17) is 21.1 Å². The second-order valence-electron chi connectivity index (χ2n) is 5.89. The van der Waals surface area contributed by atoms with Gasteiger partial charge in [0.05, 0.1) is 30.1 Å². The van der Waals surface area contributed by atoms with Crippen LogP contribution in [0.3, 0.4) is 0 Å². The van der Waals surface area contributed by atoms with Gasteiger partial charge in [-0.25, -0.2) is 5.43 Å². The average Bonchev–Trinajstić information content (AvgIpc) is 2.70. The predicted octanol–water partition coefficient (Wildman–Crippen LogP) is 4.01. The maximum atomic E-state index is 11.9. The largest absolute Gasteiger partial charge is 0.490 e. The molecule has 0 bridgehead atoms. The van der Waals surface area contributed by atoms with Crippen molar-refractivity contribution in [2.75, 3.05) is 18.5 Å². The van der Waals surface area contributed by atoms with Crippen molar-refractivity contribution in [3.8, 4) is 11.5 Å². The first kappa shape index (κ1) is 22.2. The van der Waals surface area contributed by atoms with E-state index in [-0.39, 0.29) is 24.7 Å². The fraction of sp³-hybridized carbons (Fsp3) is 0.286. The van der Waals surface area contributed by atoms with Crippen LogP contribution in [-0.4, -0.2) is 31.2 Å². The minimum Gasteiger partial charge on any atom is -0.490 e. The lowest BCUT2D eigenvalue weighted by atomic mass is 10.2. The van der Waals surface area contributed by atoms with Gasteiger partial charge in [0.2, 0.25) is 11.8 Å². The fourth-order valence-electron chi connectivity index (χ4n) is 2.39. The molecule has 0 heterocycles. The lowest BCUT2D eigenvalue weighted by Crippen LogP contribution is -2.20. The highest BCUT2D eigenvalue weighted by atomic mass is 35.5. The molecule has 7 nitrogen and oxygen atoms in total. The lowest BCUT2D eigenvalue weighted by molar-refractivity contribution is -0.124. The normalized spacial score (nSPS) is 10.6. The highest BCUT2D eigenvalue weighted by Crippen LogP contribution is 2.28. The Morgan fingerprint density at radius 1 is 1.00 bits per heavy atom. The van der Waals surface area contributed by atoms with Gasteiger partial charge in [-0.05, 0) is 49.7 Å². The minimum absolute atomic E-state index is 0.00109. The first-order chi connectivity index (χ1) is 14.0. The van der Waals surface area contributed by atoms with Crippen molar-refractivity contribution in [1.82, 2.24) is 5.43 Å². The van der Waals surface area contributed by atoms with Crippen molar-refractivity contribution >= 4 is 35.3 Å². The molecule has 2 aromatic rings. The van der Waals surface area contributed by atoms with E-state index in [0.29, 0.717) is 35.4 Å². The molecule has 0 atom stereocenters. The Morgan fingerprint density at radius 3 is 2.41 bits per heavy atom. The Bertz CT molecular complexity index is 871. The Kier molecular flexibility index (Phi) is 8.98. The van der Waals surface area contributed by atoms with Crippen LogP contribution in [0.4, 0.5) is 5.69 Å². The number of carbonyl (C=O) groups is 2. The maximum absolute atomic E-state index is 11.9. The minimum atomic E-state index is -0.369. The van der Waals surface area contributed by atoms with E-state index in [0.717, 1.165) is 5.56 Å². The summed E-state index contributed by atoms with van der Waals surface area (Å²) in [7, 11) is 0. The average molecular weight is 418 g/mol. The van der Waals surface area contributed by atoms with Gasteiger partial charge in [0.1, 0.15) is 0 Å². The molecule has 0 aromatic heterocycles. The maximum Gasteiger partial charge on any atom is 0.240 e. The van der Waals surface area contributed by atoms with E-state index in [1.54, 1.807) is 42.5 Å². The number of nitrogens with zero attached hydrogens (tertiary/aromatic N) is 1. The number of benzene rings is 2. The summed E-state index contributed by atoms with van der Waals surface area (Å²) in [5.41, 5.74) is 3.66. The molecule has 0 radical (unpaired) electrons. The van der Waals surface area contributed by atoms with Crippen LogP contribution >= 0.6 is 11.6 Å². The van der Waals surface area contributed by atoms with Gasteiger partial charge in [-0.15, -0.1) is 0 Å². The molecule has 0 aliphatic rings. The van der Waals surface area contributed by atoms with Crippen LogP contribution < -0.4 is 20.2 Å². The zero-order valence-corrected chi connectivity index (χ0v) is 17.2. The number of ether oxygens (including phenoxy) is 2. The van der Waals surface area contributed by atoms with Crippen LogP contribution in [-0.2, 0) is 9.59 Å². The van der Waals surface area contributed by atoms with Crippen LogP contribution in [0.2, 0.25) is 5.02 Å². The monoisotopic (exact) mass is 417 g/mol. The molecule has 2 aromatic carbocycles. The summed E-state index contributed by atoms with van der Waals surface area (Å²) < 4.78 is 11.1.